The molecule has 0 N–H and O–H groups in total. The van der Waals surface area contributed by atoms with E-state index in [4.69, 9.17) is 27.9 Å². The van der Waals surface area contributed by atoms with Crippen LogP contribution in [0.2, 0.25) is 10.2 Å². The van der Waals surface area contributed by atoms with Crippen molar-refractivity contribution in [3.63, 3.8) is 0 Å². The number of esters is 1. The highest BCUT2D eigenvalue weighted by atomic mass is 35.5. The third-order valence-corrected chi connectivity index (χ3v) is 4.34. The number of hydrogen-bond donors (Lipinski definition) is 0. The van der Waals surface area contributed by atoms with Crippen LogP contribution in [0.3, 0.4) is 0 Å². The third-order valence-electron chi connectivity index (χ3n) is 3.83. The summed E-state index contributed by atoms with van der Waals surface area (Å²) in [6, 6.07) is 3.10. The summed E-state index contributed by atoms with van der Waals surface area (Å²) in [5.41, 5.74) is 0.0976. The molecule has 1 aromatic rings. The maximum Gasteiger partial charge on any atom is 0.358 e. The molecule has 5 heteroatoms. The molecule has 1 aliphatic carbocycles. The van der Waals surface area contributed by atoms with Crippen molar-refractivity contribution in [3.05, 3.63) is 28.0 Å². The second-order valence-electron chi connectivity index (χ2n) is 5.26. The van der Waals surface area contributed by atoms with Crippen molar-refractivity contribution in [2.45, 2.75) is 39.2 Å². The molecule has 0 bridgehead atoms. The predicted molar refractivity (Wildman–Crippen MR) is 75.6 cm³/mol. The molecule has 1 fully saturated rings. The van der Waals surface area contributed by atoms with E-state index in [-0.39, 0.29) is 22.0 Å². The minimum absolute atomic E-state index is 0.0458. The van der Waals surface area contributed by atoms with Gasteiger partial charge in [0.2, 0.25) is 0 Å². The summed E-state index contributed by atoms with van der Waals surface area (Å²) in [5.74, 6) is 0.761. The van der Waals surface area contributed by atoms with Gasteiger partial charge in [-0.15, -0.1) is 0 Å². The lowest BCUT2D eigenvalue weighted by Gasteiger charge is -2.31. The van der Waals surface area contributed by atoms with E-state index >= 15 is 0 Å². The van der Waals surface area contributed by atoms with Crippen molar-refractivity contribution < 1.29 is 9.53 Å². The summed E-state index contributed by atoms with van der Waals surface area (Å²) >= 11 is 11.7. The minimum atomic E-state index is -0.487. The number of carbonyl (C=O) groups excluding carboxylic acids is 1. The highest BCUT2D eigenvalue weighted by Gasteiger charge is 2.28. The van der Waals surface area contributed by atoms with E-state index < -0.39 is 5.97 Å². The Bertz CT molecular complexity index is 479. The first-order valence-corrected chi connectivity index (χ1v) is 7.26. The van der Waals surface area contributed by atoms with Gasteiger partial charge in [-0.25, -0.2) is 9.78 Å². The Labute approximate surface area is 123 Å². The average molecular weight is 302 g/mol. The molecule has 104 valence electrons. The van der Waals surface area contributed by atoms with Crippen LogP contribution >= 0.6 is 23.2 Å². The van der Waals surface area contributed by atoms with E-state index in [9.17, 15) is 4.79 Å². The smallest absolute Gasteiger partial charge is 0.358 e. The Morgan fingerprint density at radius 1 is 1.26 bits per heavy atom. The fourth-order valence-corrected chi connectivity index (χ4v) is 2.70. The lowest BCUT2D eigenvalue weighted by Crippen LogP contribution is -2.29. The molecule has 1 heterocycles. The van der Waals surface area contributed by atoms with Crippen LogP contribution in [0.4, 0.5) is 0 Å². The Morgan fingerprint density at radius 3 is 2.68 bits per heavy atom. The van der Waals surface area contributed by atoms with Crippen LogP contribution in [0, 0.1) is 11.8 Å². The van der Waals surface area contributed by atoms with E-state index in [1.54, 1.807) is 12.1 Å². The lowest BCUT2D eigenvalue weighted by molar-refractivity contribution is 0.00820. The molecule has 0 saturated heterocycles. The van der Waals surface area contributed by atoms with Crippen molar-refractivity contribution in [3.8, 4) is 0 Å². The fraction of sp³-hybridized carbons (Fsp3) is 0.571. The molecule has 1 saturated carbocycles. The summed E-state index contributed by atoms with van der Waals surface area (Å²) in [4.78, 5) is 16.0. The zero-order chi connectivity index (χ0) is 14.0. The normalized spacial score (nSPS) is 27.1. The summed E-state index contributed by atoms with van der Waals surface area (Å²) in [7, 11) is 0. The average Bonchev–Trinajstić information content (AvgIpc) is 2.36. The number of aromatic nitrogens is 1. The molecular formula is C14H17Cl2NO2. The van der Waals surface area contributed by atoms with Crippen molar-refractivity contribution in [1.29, 1.82) is 0 Å². The van der Waals surface area contributed by atoms with Gasteiger partial charge in [0, 0.05) is 0 Å². The lowest BCUT2D eigenvalue weighted by atomic mass is 9.80. The van der Waals surface area contributed by atoms with Gasteiger partial charge in [-0.2, -0.15) is 0 Å². The van der Waals surface area contributed by atoms with Gasteiger partial charge >= 0.3 is 5.97 Å². The SMILES string of the molecule is CC1CCC(OC(=O)c2nc(Cl)ccc2Cl)CC1C. The summed E-state index contributed by atoms with van der Waals surface area (Å²) in [6.07, 6.45) is 2.83. The highest BCUT2D eigenvalue weighted by Crippen LogP contribution is 2.31. The van der Waals surface area contributed by atoms with Gasteiger partial charge in [0.15, 0.2) is 5.69 Å². The van der Waals surface area contributed by atoms with Crippen molar-refractivity contribution >= 4 is 29.2 Å². The molecule has 2 rings (SSSR count). The Kier molecular flexibility index (Phi) is 4.69. The fourth-order valence-electron chi connectivity index (χ4n) is 2.37. The van der Waals surface area contributed by atoms with Gasteiger partial charge in [-0.3, -0.25) is 0 Å². The Hall–Kier alpha value is -0.800. The zero-order valence-corrected chi connectivity index (χ0v) is 12.5. The topological polar surface area (TPSA) is 39.2 Å². The van der Waals surface area contributed by atoms with E-state index in [0.29, 0.717) is 11.8 Å². The molecule has 0 aromatic carbocycles. The number of hydrogen-bond acceptors (Lipinski definition) is 3. The molecule has 1 aliphatic rings. The monoisotopic (exact) mass is 301 g/mol. The largest absolute Gasteiger partial charge is 0.458 e. The Balaban J connectivity index is 2.03. The van der Waals surface area contributed by atoms with Crippen molar-refractivity contribution in [1.82, 2.24) is 4.98 Å². The Morgan fingerprint density at radius 2 is 2.00 bits per heavy atom. The maximum absolute atomic E-state index is 12.0. The molecule has 3 unspecified atom stereocenters. The van der Waals surface area contributed by atoms with E-state index in [1.807, 2.05) is 0 Å². The van der Waals surface area contributed by atoms with Crippen LogP contribution in [0.25, 0.3) is 0 Å². The molecule has 19 heavy (non-hydrogen) atoms. The van der Waals surface area contributed by atoms with Crippen LogP contribution in [-0.4, -0.2) is 17.1 Å². The summed E-state index contributed by atoms with van der Waals surface area (Å²) in [6.45, 7) is 4.42. The van der Waals surface area contributed by atoms with Crippen LogP contribution in [-0.2, 0) is 4.74 Å². The second kappa shape index (κ2) is 6.10. The first kappa shape index (κ1) is 14.6. The van der Waals surface area contributed by atoms with Gasteiger partial charge < -0.3 is 4.74 Å². The van der Waals surface area contributed by atoms with Gasteiger partial charge in [-0.1, -0.05) is 37.0 Å². The molecule has 0 amide bonds. The number of pyridine rings is 1. The number of halogens is 2. The zero-order valence-electron chi connectivity index (χ0n) is 11.0. The van der Waals surface area contributed by atoms with Crippen LogP contribution < -0.4 is 0 Å². The van der Waals surface area contributed by atoms with Gasteiger partial charge in [0.1, 0.15) is 11.3 Å². The highest BCUT2D eigenvalue weighted by molar-refractivity contribution is 6.34. The molecule has 3 atom stereocenters. The molecule has 0 aliphatic heterocycles. The van der Waals surface area contributed by atoms with Crippen LogP contribution in [0.5, 0.6) is 0 Å². The number of nitrogens with zero attached hydrogens (tertiary/aromatic N) is 1. The van der Waals surface area contributed by atoms with Gasteiger partial charge in [0.25, 0.3) is 0 Å². The molecule has 0 radical (unpaired) electrons. The standard InChI is InChI=1S/C14H17Cl2NO2/c1-8-3-4-10(7-9(8)2)19-14(18)13-11(15)5-6-12(16)17-13/h5-6,8-10H,3-4,7H2,1-2H3. The first-order chi connectivity index (χ1) is 8.97. The third kappa shape index (κ3) is 3.61. The number of rotatable bonds is 2. The van der Waals surface area contributed by atoms with Gasteiger partial charge in [-0.05, 0) is 43.2 Å². The molecule has 3 nitrogen and oxygen atoms in total. The van der Waals surface area contributed by atoms with E-state index in [0.717, 1.165) is 19.3 Å². The predicted octanol–water partition coefficient (Wildman–Crippen LogP) is 4.37. The van der Waals surface area contributed by atoms with E-state index in [2.05, 4.69) is 18.8 Å². The quantitative estimate of drug-likeness (QED) is 0.601. The van der Waals surface area contributed by atoms with Crippen molar-refractivity contribution in [2.24, 2.45) is 11.8 Å². The molecule has 0 spiro atoms. The minimum Gasteiger partial charge on any atom is -0.458 e. The number of ether oxygens (including phenoxy) is 1. The molecule has 1 aromatic heterocycles. The van der Waals surface area contributed by atoms with E-state index in [1.165, 1.54) is 0 Å². The van der Waals surface area contributed by atoms with Gasteiger partial charge in [0.05, 0.1) is 5.02 Å². The first-order valence-electron chi connectivity index (χ1n) is 6.50. The molecular weight excluding hydrogens is 285 g/mol. The maximum atomic E-state index is 12.0. The second-order valence-corrected chi connectivity index (χ2v) is 6.05. The van der Waals surface area contributed by atoms with Crippen molar-refractivity contribution in [2.75, 3.05) is 0 Å². The van der Waals surface area contributed by atoms with Crippen LogP contribution in [0.1, 0.15) is 43.6 Å². The summed E-state index contributed by atoms with van der Waals surface area (Å²) in [5, 5.41) is 0.508. The summed E-state index contributed by atoms with van der Waals surface area (Å²) < 4.78 is 5.49. The number of carbonyl (C=O) groups is 1. The van der Waals surface area contributed by atoms with Crippen LogP contribution in [0.15, 0.2) is 12.1 Å².